The maximum atomic E-state index is 11.8. The lowest BCUT2D eigenvalue weighted by atomic mass is 10.2. The third kappa shape index (κ3) is 4.83. The van der Waals surface area contributed by atoms with Gasteiger partial charge in [0.15, 0.2) is 0 Å². The monoisotopic (exact) mass is 411 g/mol. The van der Waals surface area contributed by atoms with Gasteiger partial charge in [0, 0.05) is 16.9 Å². The van der Waals surface area contributed by atoms with Crippen molar-refractivity contribution in [3.8, 4) is 5.75 Å². The van der Waals surface area contributed by atoms with Crippen LogP contribution in [0.4, 0.5) is 0 Å². The molecule has 0 aliphatic heterocycles. The van der Waals surface area contributed by atoms with Crippen LogP contribution < -0.4 is 5.32 Å². The minimum absolute atomic E-state index is 0.141. The van der Waals surface area contributed by atoms with Crippen LogP contribution in [0.5, 0.6) is 5.75 Å². The summed E-state index contributed by atoms with van der Waals surface area (Å²) in [5.74, 6) is -0.0144. The predicted molar refractivity (Wildman–Crippen MR) is 80.8 cm³/mol. The molecule has 1 aromatic carbocycles. The second-order valence-electron chi connectivity index (χ2n) is 3.76. The Morgan fingerprint density at radius 1 is 1.59 bits per heavy atom. The second kappa shape index (κ2) is 7.20. The lowest BCUT2D eigenvalue weighted by Gasteiger charge is -2.10. The third-order valence-corrected chi connectivity index (χ3v) is 3.99. The zero-order valence-electron chi connectivity index (χ0n) is 9.54. The van der Waals surface area contributed by atoms with Crippen molar-refractivity contribution in [2.75, 3.05) is 6.54 Å². The van der Waals surface area contributed by atoms with Crippen LogP contribution in [-0.2, 0) is 0 Å². The summed E-state index contributed by atoms with van der Waals surface area (Å²) < 4.78 is 0.739. The molecular formula is C12H15BrINO2. The Morgan fingerprint density at radius 3 is 2.88 bits per heavy atom. The Morgan fingerprint density at radius 2 is 2.29 bits per heavy atom. The summed E-state index contributed by atoms with van der Waals surface area (Å²) >= 11 is 5.52. The minimum Gasteiger partial charge on any atom is -0.507 e. The van der Waals surface area contributed by atoms with Crippen molar-refractivity contribution in [3.05, 3.63) is 27.3 Å². The molecule has 1 unspecified atom stereocenters. The summed E-state index contributed by atoms with van der Waals surface area (Å²) in [5, 5.41) is 12.3. The SMILES string of the molecule is CCCC(Br)CNC(=O)c1ccc(I)c(O)c1. The number of hydrogen-bond donors (Lipinski definition) is 2. The van der Waals surface area contributed by atoms with E-state index in [1.807, 2.05) is 22.6 Å². The quantitative estimate of drug-likeness (QED) is 0.577. The van der Waals surface area contributed by atoms with Crippen LogP contribution in [0.2, 0.25) is 0 Å². The van der Waals surface area contributed by atoms with Gasteiger partial charge in [-0.05, 0) is 47.2 Å². The van der Waals surface area contributed by atoms with Crippen molar-refractivity contribution in [3.63, 3.8) is 0 Å². The number of aromatic hydroxyl groups is 1. The molecule has 17 heavy (non-hydrogen) atoms. The van der Waals surface area contributed by atoms with Crippen molar-refractivity contribution in [1.29, 1.82) is 0 Å². The highest BCUT2D eigenvalue weighted by atomic mass is 127. The van der Waals surface area contributed by atoms with E-state index < -0.39 is 0 Å². The molecule has 0 saturated heterocycles. The Labute approximate surface area is 123 Å². The molecule has 1 atom stereocenters. The summed E-state index contributed by atoms with van der Waals surface area (Å²) in [6.45, 7) is 2.70. The van der Waals surface area contributed by atoms with Crippen LogP contribution >= 0.6 is 38.5 Å². The van der Waals surface area contributed by atoms with Crippen LogP contribution in [0.15, 0.2) is 18.2 Å². The molecule has 2 N–H and O–H groups in total. The standard InChI is InChI=1S/C12H15BrINO2/c1-2-3-9(13)7-15-12(17)8-4-5-10(14)11(16)6-8/h4-6,9,16H,2-3,7H2,1H3,(H,15,17). The molecule has 0 heterocycles. The molecule has 0 fully saturated rings. The number of rotatable bonds is 5. The van der Waals surface area contributed by atoms with Gasteiger partial charge in [-0.15, -0.1) is 0 Å². The smallest absolute Gasteiger partial charge is 0.251 e. The topological polar surface area (TPSA) is 49.3 Å². The molecule has 0 aromatic heterocycles. The first-order chi connectivity index (χ1) is 8.04. The molecule has 0 saturated carbocycles. The number of phenolic OH excluding ortho intramolecular Hbond substituents is 1. The van der Waals surface area contributed by atoms with Crippen molar-refractivity contribution in [1.82, 2.24) is 5.32 Å². The number of carbonyl (C=O) groups excluding carboxylic acids is 1. The van der Waals surface area contributed by atoms with Gasteiger partial charge < -0.3 is 10.4 Å². The Hall–Kier alpha value is -0.300. The number of nitrogens with one attached hydrogen (secondary N) is 1. The zero-order chi connectivity index (χ0) is 12.8. The number of benzene rings is 1. The molecular weight excluding hydrogens is 397 g/mol. The molecule has 1 amide bonds. The molecule has 5 heteroatoms. The van der Waals surface area contributed by atoms with Gasteiger partial charge in [0.1, 0.15) is 5.75 Å². The Balaban J connectivity index is 2.55. The Kier molecular flexibility index (Phi) is 6.26. The fraction of sp³-hybridized carbons (Fsp3) is 0.417. The van der Waals surface area contributed by atoms with E-state index in [1.54, 1.807) is 12.1 Å². The second-order valence-corrected chi connectivity index (χ2v) is 6.22. The number of halogens is 2. The highest BCUT2D eigenvalue weighted by molar-refractivity contribution is 14.1. The van der Waals surface area contributed by atoms with Gasteiger partial charge in [-0.2, -0.15) is 0 Å². The first-order valence-electron chi connectivity index (χ1n) is 5.45. The minimum atomic E-state index is -0.155. The maximum absolute atomic E-state index is 11.8. The zero-order valence-corrected chi connectivity index (χ0v) is 13.3. The fourth-order valence-corrected chi connectivity index (χ4v) is 2.33. The summed E-state index contributed by atoms with van der Waals surface area (Å²) in [6.07, 6.45) is 2.11. The highest BCUT2D eigenvalue weighted by Gasteiger charge is 2.10. The average molecular weight is 412 g/mol. The summed E-state index contributed by atoms with van der Waals surface area (Å²) in [4.78, 5) is 12.1. The van der Waals surface area contributed by atoms with Crippen LogP contribution in [0, 0.1) is 3.57 Å². The fourth-order valence-electron chi connectivity index (χ4n) is 1.37. The van der Waals surface area contributed by atoms with Crippen molar-refractivity contribution < 1.29 is 9.90 Å². The maximum Gasteiger partial charge on any atom is 0.251 e. The first-order valence-corrected chi connectivity index (χ1v) is 7.44. The van der Waals surface area contributed by atoms with E-state index in [1.165, 1.54) is 6.07 Å². The van der Waals surface area contributed by atoms with E-state index >= 15 is 0 Å². The number of carbonyl (C=O) groups is 1. The van der Waals surface area contributed by atoms with E-state index in [2.05, 4.69) is 28.2 Å². The summed E-state index contributed by atoms with van der Waals surface area (Å²) in [7, 11) is 0. The van der Waals surface area contributed by atoms with E-state index in [0.717, 1.165) is 16.4 Å². The van der Waals surface area contributed by atoms with Crippen LogP contribution in [0.1, 0.15) is 30.1 Å². The Bertz CT molecular complexity index is 398. The molecule has 1 rings (SSSR count). The number of amides is 1. The van der Waals surface area contributed by atoms with E-state index in [4.69, 9.17) is 0 Å². The summed E-state index contributed by atoms with van der Waals surface area (Å²) in [5.41, 5.74) is 0.485. The molecule has 0 radical (unpaired) electrons. The molecule has 3 nitrogen and oxygen atoms in total. The van der Waals surface area contributed by atoms with Crippen molar-refractivity contribution in [2.24, 2.45) is 0 Å². The number of phenols is 1. The van der Waals surface area contributed by atoms with Crippen molar-refractivity contribution in [2.45, 2.75) is 24.6 Å². The van der Waals surface area contributed by atoms with Gasteiger partial charge in [0.25, 0.3) is 5.91 Å². The normalized spacial score (nSPS) is 12.2. The number of hydrogen-bond acceptors (Lipinski definition) is 2. The van der Waals surface area contributed by atoms with Gasteiger partial charge in [-0.1, -0.05) is 29.3 Å². The van der Waals surface area contributed by atoms with E-state index in [0.29, 0.717) is 16.9 Å². The molecule has 94 valence electrons. The summed E-state index contributed by atoms with van der Waals surface area (Å²) in [6, 6.07) is 4.92. The van der Waals surface area contributed by atoms with Gasteiger partial charge in [0.05, 0.1) is 3.57 Å². The van der Waals surface area contributed by atoms with Gasteiger partial charge in [0.2, 0.25) is 0 Å². The van der Waals surface area contributed by atoms with Gasteiger partial charge in [-0.25, -0.2) is 0 Å². The van der Waals surface area contributed by atoms with Crippen LogP contribution in [-0.4, -0.2) is 22.4 Å². The average Bonchev–Trinajstić information content (AvgIpc) is 2.30. The first kappa shape index (κ1) is 14.8. The van der Waals surface area contributed by atoms with Crippen LogP contribution in [0.25, 0.3) is 0 Å². The highest BCUT2D eigenvalue weighted by Crippen LogP contribution is 2.20. The number of alkyl halides is 1. The lowest BCUT2D eigenvalue weighted by Crippen LogP contribution is -2.29. The third-order valence-electron chi connectivity index (χ3n) is 2.29. The molecule has 1 aromatic rings. The van der Waals surface area contributed by atoms with Crippen LogP contribution in [0.3, 0.4) is 0 Å². The molecule has 0 aliphatic rings. The largest absolute Gasteiger partial charge is 0.507 e. The van der Waals surface area contributed by atoms with E-state index in [-0.39, 0.29) is 11.7 Å². The molecule has 0 spiro atoms. The van der Waals surface area contributed by atoms with Gasteiger partial charge in [-0.3, -0.25) is 4.79 Å². The predicted octanol–water partition coefficient (Wildman–Crippen LogP) is 3.29. The molecule has 0 aliphatic carbocycles. The lowest BCUT2D eigenvalue weighted by molar-refractivity contribution is 0.0953. The van der Waals surface area contributed by atoms with Crippen molar-refractivity contribution >= 4 is 44.4 Å². The van der Waals surface area contributed by atoms with Gasteiger partial charge >= 0.3 is 0 Å². The van der Waals surface area contributed by atoms with E-state index in [9.17, 15) is 9.90 Å². The molecule has 0 bridgehead atoms.